The summed E-state index contributed by atoms with van der Waals surface area (Å²) in [6, 6.07) is 0. The Bertz CT molecular complexity index is 289. The van der Waals surface area contributed by atoms with Crippen molar-refractivity contribution in [3.05, 3.63) is 16.6 Å². The molecular formula is C4H6N2O2S2. The SMILES string of the molecule is NS(=O)(=O)Cc1cscn1. The molecule has 10 heavy (non-hydrogen) atoms. The summed E-state index contributed by atoms with van der Waals surface area (Å²) in [5.74, 6) is -0.170. The molecule has 0 atom stereocenters. The van der Waals surface area contributed by atoms with Gasteiger partial charge in [0.2, 0.25) is 10.0 Å². The molecule has 0 aliphatic heterocycles. The second-order valence-electron chi connectivity index (χ2n) is 1.79. The molecule has 56 valence electrons. The maximum atomic E-state index is 10.4. The van der Waals surface area contributed by atoms with Crippen molar-refractivity contribution in [2.24, 2.45) is 5.14 Å². The average molecular weight is 178 g/mol. The average Bonchev–Trinajstić information content (AvgIpc) is 2.12. The lowest BCUT2D eigenvalue weighted by Crippen LogP contribution is -2.14. The molecule has 0 unspecified atom stereocenters. The Hall–Kier alpha value is -0.460. The summed E-state index contributed by atoms with van der Waals surface area (Å²) < 4.78 is 20.9. The van der Waals surface area contributed by atoms with Gasteiger partial charge in [-0.25, -0.2) is 18.5 Å². The van der Waals surface area contributed by atoms with Crippen LogP contribution in [0.15, 0.2) is 10.9 Å². The summed E-state index contributed by atoms with van der Waals surface area (Å²) in [5.41, 5.74) is 2.08. The molecule has 0 amide bonds. The monoisotopic (exact) mass is 178 g/mol. The van der Waals surface area contributed by atoms with Gasteiger partial charge in [0.15, 0.2) is 0 Å². The van der Waals surface area contributed by atoms with Crippen LogP contribution in [0.5, 0.6) is 0 Å². The van der Waals surface area contributed by atoms with Crippen LogP contribution in [-0.4, -0.2) is 13.4 Å². The standard InChI is InChI=1S/C4H6N2O2S2/c5-10(7,8)2-4-1-9-3-6-4/h1,3H,2H2,(H2,5,7,8). The van der Waals surface area contributed by atoms with Gasteiger partial charge >= 0.3 is 0 Å². The van der Waals surface area contributed by atoms with E-state index in [1.807, 2.05) is 0 Å². The zero-order valence-corrected chi connectivity index (χ0v) is 6.65. The molecule has 1 heterocycles. The third-order valence-corrected chi connectivity index (χ3v) is 2.17. The Morgan fingerprint density at radius 3 is 2.80 bits per heavy atom. The zero-order chi connectivity index (χ0) is 7.61. The van der Waals surface area contributed by atoms with E-state index >= 15 is 0 Å². The molecule has 2 N–H and O–H groups in total. The molecule has 6 heteroatoms. The largest absolute Gasteiger partial charge is 0.249 e. The molecule has 0 spiro atoms. The zero-order valence-electron chi connectivity index (χ0n) is 5.02. The summed E-state index contributed by atoms with van der Waals surface area (Å²) in [4.78, 5) is 3.76. The molecule has 0 bridgehead atoms. The maximum absolute atomic E-state index is 10.4. The molecular weight excluding hydrogens is 172 g/mol. The molecule has 1 aromatic rings. The third-order valence-electron chi connectivity index (χ3n) is 0.833. The fourth-order valence-corrected chi connectivity index (χ4v) is 1.75. The second-order valence-corrected chi connectivity index (χ2v) is 4.12. The highest BCUT2D eigenvalue weighted by Gasteiger charge is 2.05. The summed E-state index contributed by atoms with van der Waals surface area (Å²) in [5, 5.41) is 6.42. The van der Waals surface area contributed by atoms with Crippen LogP contribution in [0.1, 0.15) is 5.69 Å². The van der Waals surface area contributed by atoms with Gasteiger partial charge in [0.05, 0.1) is 11.2 Å². The van der Waals surface area contributed by atoms with Crippen LogP contribution >= 0.6 is 11.3 Å². The minimum Gasteiger partial charge on any atom is -0.249 e. The van der Waals surface area contributed by atoms with E-state index in [0.29, 0.717) is 5.69 Å². The van der Waals surface area contributed by atoms with Gasteiger partial charge in [0.1, 0.15) is 5.75 Å². The lowest BCUT2D eigenvalue weighted by Gasteiger charge is -1.90. The van der Waals surface area contributed by atoms with Crippen LogP contribution < -0.4 is 5.14 Å². The number of sulfonamides is 1. The van der Waals surface area contributed by atoms with E-state index in [0.717, 1.165) is 0 Å². The van der Waals surface area contributed by atoms with Crippen molar-refractivity contribution in [3.8, 4) is 0 Å². The Balaban J connectivity index is 2.75. The van der Waals surface area contributed by atoms with Crippen LogP contribution in [-0.2, 0) is 15.8 Å². The maximum Gasteiger partial charge on any atom is 0.214 e. The molecule has 0 aliphatic carbocycles. The summed E-state index contributed by atoms with van der Waals surface area (Å²) >= 11 is 1.35. The van der Waals surface area contributed by atoms with Gasteiger partial charge in [-0.3, -0.25) is 0 Å². The van der Waals surface area contributed by atoms with E-state index in [9.17, 15) is 8.42 Å². The van der Waals surface area contributed by atoms with Gasteiger partial charge in [-0.1, -0.05) is 0 Å². The first-order chi connectivity index (χ1) is 4.58. The van der Waals surface area contributed by atoms with Crippen molar-refractivity contribution < 1.29 is 8.42 Å². The van der Waals surface area contributed by atoms with Crippen LogP contribution in [0.3, 0.4) is 0 Å². The molecule has 0 aliphatic rings. The molecule has 0 saturated heterocycles. The van der Waals surface area contributed by atoms with Crippen molar-refractivity contribution in [1.29, 1.82) is 0 Å². The number of thiazole rings is 1. The van der Waals surface area contributed by atoms with Gasteiger partial charge < -0.3 is 0 Å². The van der Waals surface area contributed by atoms with Crippen molar-refractivity contribution in [2.75, 3.05) is 0 Å². The molecule has 0 aromatic carbocycles. The van der Waals surface area contributed by atoms with Gasteiger partial charge in [-0.05, 0) is 0 Å². The summed E-state index contributed by atoms with van der Waals surface area (Å²) in [6.45, 7) is 0. The van der Waals surface area contributed by atoms with E-state index in [1.54, 1.807) is 10.9 Å². The van der Waals surface area contributed by atoms with Crippen LogP contribution in [0, 0.1) is 0 Å². The van der Waals surface area contributed by atoms with Gasteiger partial charge in [0.25, 0.3) is 0 Å². The van der Waals surface area contributed by atoms with Crippen molar-refractivity contribution >= 4 is 21.4 Å². The van der Waals surface area contributed by atoms with Crippen LogP contribution in [0.25, 0.3) is 0 Å². The van der Waals surface area contributed by atoms with Gasteiger partial charge in [-0.15, -0.1) is 11.3 Å². The Labute approximate surface area is 62.8 Å². The predicted molar refractivity (Wildman–Crippen MR) is 38.9 cm³/mol. The van der Waals surface area contributed by atoms with Gasteiger partial charge in [0, 0.05) is 5.38 Å². The molecule has 4 nitrogen and oxygen atoms in total. The van der Waals surface area contributed by atoms with Crippen molar-refractivity contribution in [2.45, 2.75) is 5.75 Å². The smallest absolute Gasteiger partial charge is 0.214 e. The summed E-state index contributed by atoms with van der Waals surface area (Å²) in [6.07, 6.45) is 0. The minimum absolute atomic E-state index is 0.170. The first kappa shape index (κ1) is 7.64. The Kier molecular flexibility index (Phi) is 2.02. The van der Waals surface area contributed by atoms with E-state index in [-0.39, 0.29) is 5.75 Å². The quantitative estimate of drug-likeness (QED) is 0.689. The van der Waals surface area contributed by atoms with E-state index in [4.69, 9.17) is 5.14 Å². The number of rotatable bonds is 2. The Morgan fingerprint density at radius 1 is 1.70 bits per heavy atom. The molecule has 1 rings (SSSR count). The normalized spacial score (nSPS) is 11.7. The highest BCUT2D eigenvalue weighted by molar-refractivity contribution is 7.88. The fraction of sp³-hybridized carbons (Fsp3) is 0.250. The molecule has 0 fully saturated rings. The Morgan fingerprint density at radius 2 is 2.40 bits per heavy atom. The van der Waals surface area contributed by atoms with Crippen molar-refractivity contribution in [3.63, 3.8) is 0 Å². The fourth-order valence-electron chi connectivity index (χ4n) is 0.515. The molecule has 0 radical (unpaired) electrons. The van der Waals surface area contributed by atoms with Crippen molar-refractivity contribution in [1.82, 2.24) is 4.98 Å². The highest BCUT2D eigenvalue weighted by atomic mass is 32.2. The van der Waals surface area contributed by atoms with Crippen LogP contribution in [0.2, 0.25) is 0 Å². The van der Waals surface area contributed by atoms with E-state index in [1.165, 1.54) is 11.3 Å². The lowest BCUT2D eigenvalue weighted by molar-refractivity contribution is 0.596. The molecule has 0 saturated carbocycles. The second kappa shape index (κ2) is 2.65. The third kappa shape index (κ3) is 2.42. The van der Waals surface area contributed by atoms with E-state index < -0.39 is 10.0 Å². The van der Waals surface area contributed by atoms with E-state index in [2.05, 4.69) is 4.98 Å². The first-order valence-electron chi connectivity index (χ1n) is 2.45. The number of primary sulfonamides is 1. The number of aromatic nitrogens is 1. The highest BCUT2D eigenvalue weighted by Crippen LogP contribution is 2.03. The number of nitrogens with two attached hydrogens (primary N) is 1. The number of hydrogen-bond donors (Lipinski definition) is 1. The van der Waals surface area contributed by atoms with Crippen LogP contribution in [0.4, 0.5) is 0 Å². The number of nitrogens with zero attached hydrogens (tertiary/aromatic N) is 1. The molecule has 1 aromatic heterocycles. The van der Waals surface area contributed by atoms with Gasteiger partial charge in [-0.2, -0.15) is 0 Å². The lowest BCUT2D eigenvalue weighted by atomic mass is 10.6. The summed E-state index contributed by atoms with van der Waals surface area (Å²) in [7, 11) is -3.40. The predicted octanol–water partition coefficient (Wildman–Crippen LogP) is -0.0684. The number of hydrogen-bond acceptors (Lipinski definition) is 4. The topological polar surface area (TPSA) is 73.1 Å². The first-order valence-corrected chi connectivity index (χ1v) is 5.11. The minimum atomic E-state index is -3.40.